The second kappa shape index (κ2) is 12.5. The number of benzene rings is 4. The van der Waals surface area contributed by atoms with Crippen molar-refractivity contribution < 1.29 is 9.59 Å². The van der Waals surface area contributed by atoms with Gasteiger partial charge in [0.1, 0.15) is 6.04 Å². The van der Waals surface area contributed by atoms with Gasteiger partial charge in [0.05, 0.1) is 0 Å². The third-order valence-corrected chi connectivity index (χ3v) is 7.37. The van der Waals surface area contributed by atoms with Crippen LogP contribution < -0.4 is 10.2 Å². The fourth-order valence-corrected chi connectivity index (χ4v) is 5.37. The van der Waals surface area contributed by atoms with E-state index in [-0.39, 0.29) is 17.7 Å². The van der Waals surface area contributed by atoms with E-state index in [4.69, 9.17) is 0 Å². The third-order valence-electron chi connectivity index (χ3n) is 7.37. The number of hydrogen-bond donors (Lipinski definition) is 1. The molecule has 0 bridgehead atoms. The predicted molar refractivity (Wildman–Crippen MR) is 158 cm³/mol. The monoisotopic (exact) mass is 517 g/mol. The van der Waals surface area contributed by atoms with Crippen molar-refractivity contribution in [3.8, 4) is 11.1 Å². The molecule has 5 rings (SSSR count). The summed E-state index contributed by atoms with van der Waals surface area (Å²) < 4.78 is 0. The van der Waals surface area contributed by atoms with Gasteiger partial charge in [0.25, 0.3) is 0 Å². The lowest BCUT2D eigenvalue weighted by Crippen LogP contribution is -2.51. The third kappa shape index (κ3) is 6.27. The molecule has 1 fully saturated rings. The minimum atomic E-state index is -0.277. The summed E-state index contributed by atoms with van der Waals surface area (Å²) in [4.78, 5) is 30.8. The zero-order valence-corrected chi connectivity index (χ0v) is 22.4. The zero-order valence-electron chi connectivity index (χ0n) is 22.4. The molecule has 1 saturated heterocycles. The van der Waals surface area contributed by atoms with Crippen molar-refractivity contribution in [2.24, 2.45) is 0 Å². The minimum absolute atomic E-state index is 0.0556. The SMILES string of the molecule is CCNC(=O)C(c1ccccc1)N1CCN(c2ccc(CC(=O)c3ccccc3-c3ccccc3)cc2)CC1. The molecule has 1 atom stereocenters. The molecular weight excluding hydrogens is 482 g/mol. The summed E-state index contributed by atoms with van der Waals surface area (Å²) >= 11 is 0. The number of ketones is 1. The number of nitrogens with one attached hydrogen (secondary N) is 1. The Bertz CT molecular complexity index is 1380. The molecule has 1 aliphatic rings. The van der Waals surface area contributed by atoms with Gasteiger partial charge in [-0.3, -0.25) is 14.5 Å². The second-order valence-corrected chi connectivity index (χ2v) is 9.91. The number of nitrogens with zero attached hydrogens (tertiary/aromatic N) is 2. The lowest BCUT2D eigenvalue weighted by molar-refractivity contribution is -0.126. The van der Waals surface area contributed by atoms with Gasteiger partial charge in [0.2, 0.25) is 5.91 Å². The average Bonchev–Trinajstić information content (AvgIpc) is 2.99. The molecular formula is C34H35N3O2. The maximum absolute atomic E-state index is 13.3. The molecule has 1 heterocycles. The fourth-order valence-electron chi connectivity index (χ4n) is 5.37. The molecule has 0 spiro atoms. The molecule has 0 aromatic heterocycles. The Morgan fingerprint density at radius 2 is 1.36 bits per heavy atom. The van der Waals surface area contributed by atoms with Gasteiger partial charge in [-0.1, -0.05) is 97.1 Å². The number of hydrogen-bond acceptors (Lipinski definition) is 4. The van der Waals surface area contributed by atoms with E-state index in [2.05, 4.69) is 39.4 Å². The highest BCUT2D eigenvalue weighted by Crippen LogP contribution is 2.27. The summed E-state index contributed by atoms with van der Waals surface area (Å²) in [5.74, 6) is 0.174. The molecule has 1 amide bonds. The molecule has 4 aromatic carbocycles. The Morgan fingerprint density at radius 3 is 2.03 bits per heavy atom. The van der Waals surface area contributed by atoms with Crippen LogP contribution in [-0.2, 0) is 11.2 Å². The topological polar surface area (TPSA) is 52.7 Å². The number of likely N-dealkylation sites (N-methyl/N-ethyl adjacent to an activating group) is 1. The van der Waals surface area contributed by atoms with E-state index in [1.165, 1.54) is 0 Å². The van der Waals surface area contributed by atoms with E-state index in [1.807, 2.05) is 91.9 Å². The molecule has 0 saturated carbocycles. The van der Waals surface area contributed by atoms with Crippen LogP contribution in [0.2, 0.25) is 0 Å². The van der Waals surface area contributed by atoms with Gasteiger partial charge in [0.15, 0.2) is 5.78 Å². The van der Waals surface area contributed by atoms with Crippen molar-refractivity contribution in [2.75, 3.05) is 37.6 Å². The first kappa shape index (κ1) is 26.4. The van der Waals surface area contributed by atoms with Gasteiger partial charge in [-0.05, 0) is 41.3 Å². The molecule has 4 aromatic rings. The van der Waals surface area contributed by atoms with Crippen LogP contribution in [-0.4, -0.2) is 49.3 Å². The van der Waals surface area contributed by atoms with Gasteiger partial charge in [-0.2, -0.15) is 0 Å². The Kier molecular flexibility index (Phi) is 8.49. The summed E-state index contributed by atoms with van der Waals surface area (Å²) in [5.41, 5.74) is 5.95. The molecule has 1 aliphatic heterocycles. The molecule has 0 aliphatic carbocycles. The van der Waals surface area contributed by atoms with Crippen LogP contribution in [0.5, 0.6) is 0 Å². The van der Waals surface area contributed by atoms with Crippen LogP contribution in [0.4, 0.5) is 5.69 Å². The number of amides is 1. The summed E-state index contributed by atoms with van der Waals surface area (Å²) in [6.07, 6.45) is 0.364. The summed E-state index contributed by atoms with van der Waals surface area (Å²) in [7, 11) is 0. The highest BCUT2D eigenvalue weighted by atomic mass is 16.2. The molecule has 0 radical (unpaired) electrons. The first-order valence-electron chi connectivity index (χ1n) is 13.7. The quantitative estimate of drug-likeness (QED) is 0.286. The first-order valence-corrected chi connectivity index (χ1v) is 13.7. The van der Waals surface area contributed by atoms with Crippen LogP contribution >= 0.6 is 0 Å². The number of piperazine rings is 1. The first-order chi connectivity index (χ1) is 19.1. The molecule has 1 unspecified atom stereocenters. The smallest absolute Gasteiger partial charge is 0.241 e. The summed E-state index contributed by atoms with van der Waals surface area (Å²) in [6.45, 7) is 5.85. The van der Waals surface area contributed by atoms with E-state index >= 15 is 0 Å². The Morgan fingerprint density at radius 1 is 0.744 bits per heavy atom. The van der Waals surface area contributed by atoms with Crippen molar-refractivity contribution in [2.45, 2.75) is 19.4 Å². The largest absolute Gasteiger partial charge is 0.369 e. The normalized spacial score (nSPS) is 14.5. The van der Waals surface area contributed by atoms with Crippen molar-refractivity contribution >= 4 is 17.4 Å². The Labute approximate surface area is 231 Å². The van der Waals surface area contributed by atoms with Crippen LogP contribution in [0.25, 0.3) is 11.1 Å². The van der Waals surface area contributed by atoms with E-state index in [0.29, 0.717) is 13.0 Å². The van der Waals surface area contributed by atoms with Crippen molar-refractivity contribution in [1.29, 1.82) is 0 Å². The molecule has 5 heteroatoms. The highest BCUT2D eigenvalue weighted by Gasteiger charge is 2.30. The van der Waals surface area contributed by atoms with E-state index in [0.717, 1.165) is 59.7 Å². The minimum Gasteiger partial charge on any atom is -0.369 e. The van der Waals surface area contributed by atoms with Crippen LogP contribution in [0.15, 0.2) is 109 Å². The maximum atomic E-state index is 13.3. The Balaban J connectivity index is 1.23. The number of rotatable bonds is 9. The van der Waals surface area contributed by atoms with Gasteiger partial charge in [0, 0.05) is 50.4 Å². The van der Waals surface area contributed by atoms with Crippen LogP contribution in [0.3, 0.4) is 0 Å². The fraction of sp³-hybridized carbons (Fsp3) is 0.235. The average molecular weight is 518 g/mol. The lowest BCUT2D eigenvalue weighted by Gasteiger charge is -2.39. The molecule has 198 valence electrons. The van der Waals surface area contributed by atoms with Crippen molar-refractivity contribution in [3.05, 3.63) is 126 Å². The van der Waals surface area contributed by atoms with Crippen molar-refractivity contribution in [1.82, 2.24) is 10.2 Å². The van der Waals surface area contributed by atoms with Gasteiger partial charge in [-0.25, -0.2) is 0 Å². The maximum Gasteiger partial charge on any atom is 0.241 e. The highest BCUT2D eigenvalue weighted by molar-refractivity contribution is 6.03. The number of Topliss-reactive ketones (excluding diaryl/α,β-unsaturated/α-hetero) is 1. The molecule has 39 heavy (non-hydrogen) atoms. The standard InChI is InChI=1S/C34H35N3O2/c1-2-35-34(39)33(28-13-7-4-8-14-28)37-23-21-36(22-24-37)29-19-17-26(18-20-29)25-32(38)31-16-10-9-15-30(31)27-11-5-3-6-12-27/h3-20,33H,2,21-25H2,1H3,(H,35,39). The lowest BCUT2D eigenvalue weighted by atomic mass is 9.94. The Hall–Kier alpha value is -4.22. The summed E-state index contributed by atoms with van der Waals surface area (Å²) in [5, 5.41) is 3.01. The van der Waals surface area contributed by atoms with Gasteiger partial charge < -0.3 is 10.2 Å². The number of carbonyl (C=O) groups excluding carboxylic acids is 2. The van der Waals surface area contributed by atoms with Gasteiger partial charge >= 0.3 is 0 Å². The van der Waals surface area contributed by atoms with E-state index in [9.17, 15) is 9.59 Å². The van der Waals surface area contributed by atoms with Crippen molar-refractivity contribution in [3.63, 3.8) is 0 Å². The zero-order chi connectivity index (χ0) is 27.0. The van der Waals surface area contributed by atoms with Gasteiger partial charge in [-0.15, -0.1) is 0 Å². The van der Waals surface area contributed by atoms with Crippen LogP contribution in [0.1, 0.15) is 34.5 Å². The predicted octanol–water partition coefficient (Wildman–Crippen LogP) is 5.78. The second-order valence-electron chi connectivity index (χ2n) is 9.91. The van der Waals surface area contributed by atoms with E-state index < -0.39 is 0 Å². The molecule has 1 N–H and O–H groups in total. The number of anilines is 1. The van der Waals surface area contributed by atoms with Crippen LogP contribution in [0, 0.1) is 0 Å². The molecule has 5 nitrogen and oxygen atoms in total. The van der Waals surface area contributed by atoms with E-state index in [1.54, 1.807) is 0 Å². The number of carbonyl (C=O) groups is 2. The summed E-state index contributed by atoms with van der Waals surface area (Å²) in [6, 6.07) is 36.0.